The topological polar surface area (TPSA) is 59.0 Å². The van der Waals surface area contributed by atoms with Gasteiger partial charge in [0.1, 0.15) is 5.71 Å². The molecule has 0 N–H and O–H groups in total. The van der Waals surface area contributed by atoms with E-state index in [0.717, 1.165) is 33.4 Å². The monoisotopic (exact) mass is 714 g/mol. The second-order valence-corrected chi connectivity index (χ2v) is 14.2. The Morgan fingerprint density at radius 2 is 1.06 bits per heavy atom. The maximum Gasteiger partial charge on any atom is 0.440 e. The molecule has 0 aromatic heterocycles. The van der Waals surface area contributed by atoms with E-state index < -0.39 is 15.3 Å². The number of carbonyl (C=O) groups excluding carboxylic acids is 2. The number of anilines is 1. The normalized spacial score (nSPS) is 13.2. The number of carbonyl (C=O) groups is 2. The van der Waals surface area contributed by atoms with Crippen molar-refractivity contribution in [2.75, 3.05) is 11.9 Å². The lowest BCUT2D eigenvalue weighted by atomic mass is 9.67. The Kier molecular flexibility index (Phi) is 9.06. The standard InChI is InChI=1S/C42H29Cl3N2O3/c1-47(33-20-12-5-13-21-33)40(49)50-46-39(42(43,44)45)30-23-25-37-35(27-30)34-26-29(38(48)28-14-6-2-7-15-28)22-24-36(34)41(37,31-16-8-3-9-17-31)32-18-10-4-11-19-32/h2-27H,1H3/b46-39-. The molecule has 8 heteroatoms. The Hall–Kier alpha value is -5.20. The molecule has 0 aliphatic heterocycles. The van der Waals surface area contributed by atoms with Crippen molar-refractivity contribution in [2.45, 2.75) is 9.21 Å². The van der Waals surface area contributed by atoms with Gasteiger partial charge in [-0.2, -0.15) is 0 Å². The highest BCUT2D eigenvalue weighted by atomic mass is 35.6. The maximum atomic E-state index is 13.7. The molecule has 6 aromatic carbocycles. The Morgan fingerprint density at radius 3 is 1.58 bits per heavy atom. The van der Waals surface area contributed by atoms with Gasteiger partial charge in [0, 0.05) is 29.4 Å². The molecule has 0 fully saturated rings. The van der Waals surface area contributed by atoms with Gasteiger partial charge < -0.3 is 0 Å². The van der Waals surface area contributed by atoms with Crippen LogP contribution in [0, 0.1) is 0 Å². The van der Waals surface area contributed by atoms with Crippen LogP contribution in [0.2, 0.25) is 0 Å². The molecule has 0 bridgehead atoms. The number of hydrogen-bond acceptors (Lipinski definition) is 4. The van der Waals surface area contributed by atoms with Gasteiger partial charge in [0.05, 0.1) is 5.41 Å². The summed E-state index contributed by atoms with van der Waals surface area (Å²) < 4.78 is -2.05. The van der Waals surface area contributed by atoms with Crippen LogP contribution < -0.4 is 4.90 Å². The van der Waals surface area contributed by atoms with E-state index >= 15 is 0 Å². The fraction of sp³-hybridized carbons (Fsp3) is 0.0714. The van der Waals surface area contributed by atoms with Gasteiger partial charge in [0.2, 0.25) is 3.79 Å². The second-order valence-electron chi connectivity index (χ2n) is 11.9. The lowest BCUT2D eigenvalue weighted by molar-refractivity contribution is 0.103. The molecule has 1 aliphatic rings. The molecule has 0 heterocycles. The summed E-state index contributed by atoms with van der Waals surface area (Å²) in [6.45, 7) is 0. The number of hydrogen-bond donors (Lipinski definition) is 0. The number of halogens is 3. The number of rotatable bonds is 7. The van der Waals surface area contributed by atoms with Gasteiger partial charge in [-0.05, 0) is 57.6 Å². The molecule has 1 amide bonds. The number of nitrogens with zero attached hydrogens (tertiary/aromatic N) is 2. The van der Waals surface area contributed by atoms with Crippen LogP contribution in [0.4, 0.5) is 10.5 Å². The highest BCUT2D eigenvalue weighted by Gasteiger charge is 2.47. The van der Waals surface area contributed by atoms with E-state index in [4.69, 9.17) is 39.6 Å². The number of oxime groups is 1. The Bertz CT molecular complexity index is 2180. The predicted molar refractivity (Wildman–Crippen MR) is 202 cm³/mol. The first kappa shape index (κ1) is 33.3. The maximum absolute atomic E-state index is 13.7. The average molecular weight is 716 g/mol. The van der Waals surface area contributed by atoms with E-state index in [2.05, 4.69) is 29.4 Å². The summed E-state index contributed by atoms with van der Waals surface area (Å²) in [7, 11) is 1.57. The number of fused-ring (bicyclic) bond motifs is 3. The molecule has 0 saturated heterocycles. The smallest absolute Gasteiger partial charge is 0.297 e. The summed E-state index contributed by atoms with van der Waals surface area (Å²) in [6.07, 6.45) is -0.759. The Labute approximate surface area is 305 Å². The van der Waals surface area contributed by atoms with Crippen LogP contribution in [0.1, 0.15) is 43.7 Å². The molecule has 7 rings (SSSR count). The molecule has 0 radical (unpaired) electrons. The highest BCUT2D eigenvalue weighted by Crippen LogP contribution is 2.56. The largest absolute Gasteiger partial charge is 0.440 e. The Morgan fingerprint density at radius 1 is 0.600 bits per heavy atom. The summed E-state index contributed by atoms with van der Waals surface area (Å²) in [4.78, 5) is 33.4. The van der Waals surface area contributed by atoms with Gasteiger partial charge in [-0.15, -0.1) is 0 Å². The molecule has 0 spiro atoms. The number of benzene rings is 6. The summed E-state index contributed by atoms with van der Waals surface area (Å²) >= 11 is 19.5. The lowest BCUT2D eigenvalue weighted by Crippen LogP contribution is -2.29. The van der Waals surface area contributed by atoms with Crippen molar-refractivity contribution in [3.63, 3.8) is 0 Å². The van der Waals surface area contributed by atoms with Gasteiger partial charge in [-0.1, -0.05) is 173 Å². The fourth-order valence-corrected chi connectivity index (χ4v) is 7.14. The molecule has 50 heavy (non-hydrogen) atoms. The van der Waals surface area contributed by atoms with Crippen molar-refractivity contribution in [1.29, 1.82) is 0 Å². The first-order valence-electron chi connectivity index (χ1n) is 15.8. The molecular weight excluding hydrogens is 687 g/mol. The van der Waals surface area contributed by atoms with Crippen LogP contribution in [0.15, 0.2) is 163 Å². The molecule has 5 nitrogen and oxygen atoms in total. The first-order chi connectivity index (χ1) is 24.2. The van der Waals surface area contributed by atoms with Gasteiger partial charge in [-0.25, -0.2) is 4.79 Å². The van der Waals surface area contributed by atoms with Crippen molar-refractivity contribution in [3.05, 3.63) is 197 Å². The molecule has 0 saturated carbocycles. The number of ketones is 1. The average Bonchev–Trinajstić information content (AvgIpc) is 3.45. The van der Waals surface area contributed by atoms with Crippen molar-refractivity contribution >= 4 is 58.1 Å². The van der Waals surface area contributed by atoms with Crippen LogP contribution in [-0.4, -0.2) is 28.4 Å². The molecule has 6 aromatic rings. The summed E-state index contributed by atoms with van der Waals surface area (Å²) in [5.74, 6) is -0.0963. The van der Waals surface area contributed by atoms with Gasteiger partial charge in [-0.3, -0.25) is 14.5 Å². The second kappa shape index (κ2) is 13.6. The number of para-hydroxylation sites is 1. The first-order valence-corrected chi connectivity index (χ1v) is 17.0. The molecular formula is C42H29Cl3N2O3. The SMILES string of the molecule is CN(C(=O)O/N=C(/c1ccc2c(c1)-c1cc(C(=O)c3ccccc3)ccc1C2(c1ccccc1)c1ccccc1)C(Cl)(Cl)Cl)c1ccccc1. The minimum Gasteiger partial charge on any atom is -0.297 e. The van der Waals surface area contributed by atoms with Crippen LogP contribution >= 0.6 is 34.8 Å². The van der Waals surface area contributed by atoms with Crippen molar-refractivity contribution in [2.24, 2.45) is 5.16 Å². The van der Waals surface area contributed by atoms with Gasteiger partial charge >= 0.3 is 6.09 Å². The Balaban J connectivity index is 1.42. The third-order valence-electron chi connectivity index (χ3n) is 9.02. The van der Waals surface area contributed by atoms with Gasteiger partial charge in [0.25, 0.3) is 0 Å². The van der Waals surface area contributed by atoms with Crippen LogP contribution in [0.5, 0.6) is 0 Å². The highest BCUT2D eigenvalue weighted by molar-refractivity contribution is 6.78. The van der Waals surface area contributed by atoms with Crippen molar-refractivity contribution < 1.29 is 14.4 Å². The zero-order chi connectivity index (χ0) is 34.9. The van der Waals surface area contributed by atoms with Crippen LogP contribution in [0.3, 0.4) is 0 Å². The molecule has 246 valence electrons. The van der Waals surface area contributed by atoms with Gasteiger partial charge in [0.15, 0.2) is 5.78 Å². The minimum absolute atomic E-state index is 0.0740. The molecule has 1 aliphatic carbocycles. The van der Waals surface area contributed by atoms with E-state index in [1.807, 2.05) is 97.1 Å². The summed E-state index contributed by atoms with van der Waals surface area (Å²) in [6, 6.07) is 50.2. The zero-order valence-electron chi connectivity index (χ0n) is 26.8. The summed E-state index contributed by atoms with van der Waals surface area (Å²) in [5.41, 5.74) is 7.10. The van der Waals surface area contributed by atoms with Crippen LogP contribution in [-0.2, 0) is 10.3 Å². The third-order valence-corrected chi connectivity index (χ3v) is 9.56. The van der Waals surface area contributed by atoms with Crippen molar-refractivity contribution in [3.8, 4) is 11.1 Å². The quantitative estimate of drug-likeness (QED) is 0.0543. The van der Waals surface area contributed by atoms with E-state index in [1.165, 1.54) is 4.90 Å². The van der Waals surface area contributed by atoms with E-state index in [9.17, 15) is 9.59 Å². The van der Waals surface area contributed by atoms with E-state index in [0.29, 0.717) is 22.4 Å². The summed E-state index contributed by atoms with van der Waals surface area (Å²) in [5, 5.41) is 4.11. The predicted octanol–water partition coefficient (Wildman–Crippen LogP) is 10.6. The fourth-order valence-electron chi connectivity index (χ4n) is 6.71. The van der Waals surface area contributed by atoms with Crippen molar-refractivity contribution in [1.82, 2.24) is 0 Å². The molecule has 0 unspecified atom stereocenters. The van der Waals surface area contributed by atoms with E-state index in [-0.39, 0.29) is 11.5 Å². The van der Waals surface area contributed by atoms with Crippen LogP contribution in [0.25, 0.3) is 11.1 Å². The zero-order valence-corrected chi connectivity index (χ0v) is 29.0. The third kappa shape index (κ3) is 5.98. The van der Waals surface area contributed by atoms with E-state index in [1.54, 1.807) is 43.4 Å². The number of alkyl halides is 3. The number of amides is 1. The molecule has 0 atom stereocenters. The minimum atomic E-state index is -2.05. The lowest BCUT2D eigenvalue weighted by Gasteiger charge is -2.34.